The fraction of sp³-hybridized carbons (Fsp3) is 0.235. The second kappa shape index (κ2) is 7.34. The van der Waals surface area contributed by atoms with Crippen LogP contribution >= 0.6 is 11.6 Å². The van der Waals surface area contributed by atoms with Crippen molar-refractivity contribution in [3.8, 4) is 0 Å². The zero-order valence-electron chi connectivity index (χ0n) is 13.6. The fourth-order valence-electron chi connectivity index (χ4n) is 2.08. The van der Waals surface area contributed by atoms with E-state index in [4.69, 9.17) is 11.6 Å². The molecule has 128 valence electrons. The van der Waals surface area contributed by atoms with Gasteiger partial charge in [-0.2, -0.15) is 4.72 Å². The van der Waals surface area contributed by atoms with Crippen molar-refractivity contribution in [1.29, 1.82) is 0 Å². The molecule has 0 bridgehead atoms. The number of benzene rings is 2. The second-order valence-electron chi connectivity index (χ2n) is 5.60. The van der Waals surface area contributed by atoms with Crippen LogP contribution in [-0.4, -0.2) is 20.4 Å². The SMILES string of the molecule is Cc1ccc(S(=O)(=O)NC(C)C(=O)Nc2ccc(Cl)cc2C)cc1. The summed E-state index contributed by atoms with van der Waals surface area (Å²) in [5.41, 5.74) is 2.34. The molecule has 1 unspecified atom stereocenters. The van der Waals surface area contributed by atoms with Gasteiger partial charge < -0.3 is 5.32 Å². The minimum Gasteiger partial charge on any atom is -0.324 e. The number of amides is 1. The highest BCUT2D eigenvalue weighted by Gasteiger charge is 2.22. The van der Waals surface area contributed by atoms with Crippen LogP contribution in [0.1, 0.15) is 18.1 Å². The normalized spacial score (nSPS) is 12.7. The van der Waals surface area contributed by atoms with Crippen LogP contribution in [-0.2, 0) is 14.8 Å². The van der Waals surface area contributed by atoms with E-state index >= 15 is 0 Å². The fourth-order valence-corrected chi connectivity index (χ4v) is 3.51. The van der Waals surface area contributed by atoms with Crippen molar-refractivity contribution in [2.75, 3.05) is 5.32 Å². The first-order valence-corrected chi connectivity index (χ1v) is 9.21. The first-order chi connectivity index (χ1) is 11.2. The van der Waals surface area contributed by atoms with Gasteiger partial charge in [-0.05, 0) is 56.7 Å². The van der Waals surface area contributed by atoms with Crippen LogP contribution in [0.15, 0.2) is 47.4 Å². The van der Waals surface area contributed by atoms with E-state index in [0.717, 1.165) is 11.1 Å². The van der Waals surface area contributed by atoms with Crippen molar-refractivity contribution >= 4 is 33.2 Å². The maximum atomic E-state index is 12.3. The van der Waals surface area contributed by atoms with Crippen molar-refractivity contribution < 1.29 is 13.2 Å². The molecule has 0 aliphatic carbocycles. The highest BCUT2D eigenvalue weighted by Crippen LogP contribution is 2.20. The molecule has 0 aliphatic rings. The number of hydrogen-bond donors (Lipinski definition) is 2. The molecule has 0 fully saturated rings. The number of carbonyl (C=O) groups excluding carboxylic acids is 1. The number of rotatable bonds is 5. The number of hydrogen-bond acceptors (Lipinski definition) is 3. The van der Waals surface area contributed by atoms with E-state index in [9.17, 15) is 13.2 Å². The Balaban J connectivity index is 2.09. The van der Waals surface area contributed by atoms with E-state index in [2.05, 4.69) is 10.0 Å². The first kappa shape index (κ1) is 18.4. The maximum absolute atomic E-state index is 12.3. The van der Waals surface area contributed by atoms with Crippen LogP contribution in [0.25, 0.3) is 0 Å². The van der Waals surface area contributed by atoms with E-state index in [0.29, 0.717) is 10.7 Å². The quantitative estimate of drug-likeness (QED) is 0.852. The van der Waals surface area contributed by atoms with Gasteiger partial charge in [0.05, 0.1) is 10.9 Å². The molecule has 0 saturated heterocycles. The summed E-state index contributed by atoms with van der Waals surface area (Å²) < 4.78 is 27.0. The van der Waals surface area contributed by atoms with Crippen LogP contribution in [0.4, 0.5) is 5.69 Å². The number of carbonyl (C=O) groups is 1. The zero-order chi connectivity index (χ0) is 17.9. The summed E-state index contributed by atoms with van der Waals surface area (Å²) in [5, 5.41) is 3.26. The summed E-state index contributed by atoms with van der Waals surface area (Å²) in [6.45, 7) is 5.17. The summed E-state index contributed by atoms with van der Waals surface area (Å²) >= 11 is 5.88. The Labute approximate surface area is 147 Å². The van der Waals surface area contributed by atoms with Crippen molar-refractivity contribution in [2.45, 2.75) is 31.7 Å². The Morgan fingerprint density at radius 3 is 2.29 bits per heavy atom. The summed E-state index contributed by atoms with van der Waals surface area (Å²) in [4.78, 5) is 12.4. The predicted octanol–water partition coefficient (Wildman–Crippen LogP) is 3.26. The molecular formula is C17H19ClN2O3S. The Hall–Kier alpha value is -1.89. The average Bonchev–Trinajstić information content (AvgIpc) is 2.50. The van der Waals surface area contributed by atoms with Gasteiger partial charge in [0.2, 0.25) is 15.9 Å². The molecular weight excluding hydrogens is 348 g/mol. The number of sulfonamides is 1. The smallest absolute Gasteiger partial charge is 0.242 e. The second-order valence-corrected chi connectivity index (χ2v) is 7.75. The monoisotopic (exact) mass is 366 g/mol. The molecule has 24 heavy (non-hydrogen) atoms. The van der Waals surface area contributed by atoms with E-state index < -0.39 is 22.0 Å². The largest absolute Gasteiger partial charge is 0.324 e. The molecule has 2 aromatic carbocycles. The van der Waals surface area contributed by atoms with Gasteiger partial charge in [-0.25, -0.2) is 8.42 Å². The van der Waals surface area contributed by atoms with Gasteiger partial charge in [-0.15, -0.1) is 0 Å². The van der Waals surface area contributed by atoms with Gasteiger partial charge in [0.25, 0.3) is 0 Å². The number of nitrogens with one attached hydrogen (secondary N) is 2. The van der Waals surface area contributed by atoms with Gasteiger partial charge in [0.15, 0.2) is 0 Å². The lowest BCUT2D eigenvalue weighted by atomic mass is 10.2. The topological polar surface area (TPSA) is 75.3 Å². The average molecular weight is 367 g/mol. The highest BCUT2D eigenvalue weighted by molar-refractivity contribution is 7.89. The number of aryl methyl sites for hydroxylation is 2. The summed E-state index contributed by atoms with van der Waals surface area (Å²) in [7, 11) is -3.76. The van der Waals surface area contributed by atoms with Crippen LogP contribution < -0.4 is 10.0 Å². The molecule has 0 aliphatic heterocycles. The van der Waals surface area contributed by atoms with Crippen LogP contribution in [0.5, 0.6) is 0 Å². The van der Waals surface area contributed by atoms with Crippen LogP contribution in [0.3, 0.4) is 0 Å². The first-order valence-electron chi connectivity index (χ1n) is 7.35. The van der Waals surface area contributed by atoms with E-state index in [1.54, 1.807) is 30.3 Å². The third kappa shape index (κ3) is 4.56. The van der Waals surface area contributed by atoms with Crippen molar-refractivity contribution in [2.24, 2.45) is 0 Å². The van der Waals surface area contributed by atoms with Gasteiger partial charge in [-0.1, -0.05) is 29.3 Å². The minimum atomic E-state index is -3.76. The van der Waals surface area contributed by atoms with Crippen LogP contribution in [0.2, 0.25) is 5.02 Å². The van der Waals surface area contributed by atoms with E-state index in [1.165, 1.54) is 19.1 Å². The molecule has 0 radical (unpaired) electrons. The molecule has 1 amide bonds. The Kier molecular flexibility index (Phi) is 5.64. The Morgan fingerprint density at radius 2 is 1.71 bits per heavy atom. The molecule has 5 nitrogen and oxygen atoms in total. The highest BCUT2D eigenvalue weighted by atomic mass is 35.5. The summed E-state index contributed by atoms with van der Waals surface area (Å²) in [6.07, 6.45) is 0. The number of anilines is 1. The summed E-state index contributed by atoms with van der Waals surface area (Å²) in [5.74, 6) is -0.448. The third-order valence-electron chi connectivity index (χ3n) is 3.50. The molecule has 2 N–H and O–H groups in total. The molecule has 2 aromatic rings. The van der Waals surface area contributed by atoms with Gasteiger partial charge in [0, 0.05) is 10.7 Å². The lowest BCUT2D eigenvalue weighted by Crippen LogP contribution is -2.41. The van der Waals surface area contributed by atoms with E-state index in [-0.39, 0.29) is 4.90 Å². The molecule has 0 saturated carbocycles. The van der Waals surface area contributed by atoms with Gasteiger partial charge >= 0.3 is 0 Å². The molecule has 1 atom stereocenters. The Bertz CT molecular complexity index is 849. The van der Waals surface area contributed by atoms with Gasteiger partial charge in [-0.3, -0.25) is 4.79 Å². The predicted molar refractivity (Wildman–Crippen MR) is 95.8 cm³/mol. The summed E-state index contributed by atoms with van der Waals surface area (Å²) in [6, 6.07) is 10.6. The Morgan fingerprint density at radius 1 is 1.08 bits per heavy atom. The van der Waals surface area contributed by atoms with Crippen molar-refractivity contribution in [3.63, 3.8) is 0 Å². The lowest BCUT2D eigenvalue weighted by Gasteiger charge is -2.15. The number of halogens is 1. The molecule has 2 rings (SSSR count). The van der Waals surface area contributed by atoms with Gasteiger partial charge in [0.1, 0.15) is 0 Å². The van der Waals surface area contributed by atoms with Crippen molar-refractivity contribution in [1.82, 2.24) is 4.72 Å². The molecule has 0 heterocycles. The molecule has 7 heteroatoms. The van der Waals surface area contributed by atoms with Crippen molar-refractivity contribution in [3.05, 3.63) is 58.6 Å². The molecule has 0 aromatic heterocycles. The zero-order valence-corrected chi connectivity index (χ0v) is 15.2. The molecule has 0 spiro atoms. The third-order valence-corrected chi connectivity index (χ3v) is 5.29. The van der Waals surface area contributed by atoms with Crippen LogP contribution in [0, 0.1) is 13.8 Å². The maximum Gasteiger partial charge on any atom is 0.242 e. The van der Waals surface area contributed by atoms with E-state index in [1.807, 2.05) is 13.8 Å². The standard InChI is InChI=1S/C17H19ClN2O3S/c1-11-4-7-15(8-5-11)24(22,23)20-13(3)17(21)19-16-9-6-14(18)10-12(16)2/h4-10,13,20H,1-3H3,(H,19,21). The minimum absolute atomic E-state index is 0.121. The lowest BCUT2D eigenvalue weighted by molar-refractivity contribution is -0.117.